The fourth-order valence-corrected chi connectivity index (χ4v) is 1.76. The van der Waals surface area contributed by atoms with Crippen LogP contribution in [-0.2, 0) is 0 Å². The van der Waals surface area contributed by atoms with Gasteiger partial charge in [-0.1, -0.05) is 12.1 Å². The summed E-state index contributed by atoms with van der Waals surface area (Å²) in [6.07, 6.45) is 4.21. The first-order valence-electron chi connectivity index (χ1n) is 4.97. The molecular weight excluding hydrogens is 175 g/mol. The minimum Gasteiger partial charge on any atom is -0.207 e. The van der Waals surface area contributed by atoms with Gasteiger partial charge in [0.15, 0.2) is 0 Å². The van der Waals surface area contributed by atoms with Crippen molar-refractivity contribution < 1.29 is 4.39 Å². The van der Waals surface area contributed by atoms with Crippen LogP contribution in [0.4, 0.5) is 4.39 Å². The first-order chi connectivity index (χ1) is 6.72. The summed E-state index contributed by atoms with van der Waals surface area (Å²) in [5.41, 5.74) is 2.26. The van der Waals surface area contributed by atoms with E-state index in [1.54, 1.807) is 12.1 Å². The normalized spacial score (nSPS) is 17.9. The third-order valence-corrected chi connectivity index (χ3v) is 2.75. The number of allylic oxidation sites excluding steroid dienone is 1. The zero-order valence-corrected chi connectivity index (χ0v) is 8.17. The van der Waals surface area contributed by atoms with Crippen molar-refractivity contribution in [2.75, 3.05) is 0 Å². The van der Waals surface area contributed by atoms with E-state index in [2.05, 4.69) is 13.5 Å². The zero-order chi connectivity index (χ0) is 10.1. The molecule has 1 atom stereocenters. The zero-order valence-electron chi connectivity index (χ0n) is 8.17. The summed E-state index contributed by atoms with van der Waals surface area (Å²) in [4.78, 5) is 0. The molecule has 1 aromatic carbocycles. The third kappa shape index (κ3) is 1.72. The molecule has 1 unspecified atom stereocenters. The molecule has 0 aromatic heterocycles. The SMILES string of the molecule is [CH2]C(C=C)c1cc(F)ccc1C1CC1. The summed E-state index contributed by atoms with van der Waals surface area (Å²) in [7, 11) is 0. The molecule has 1 fully saturated rings. The Balaban J connectivity index is 2.42. The average molecular weight is 189 g/mol. The van der Waals surface area contributed by atoms with Crippen molar-refractivity contribution in [3.05, 3.63) is 54.7 Å². The first kappa shape index (κ1) is 9.45. The van der Waals surface area contributed by atoms with Gasteiger partial charge in [0, 0.05) is 5.92 Å². The minimum atomic E-state index is -0.181. The Hall–Kier alpha value is -1.11. The van der Waals surface area contributed by atoms with Crippen molar-refractivity contribution in [1.82, 2.24) is 0 Å². The van der Waals surface area contributed by atoms with E-state index in [0.717, 1.165) is 5.56 Å². The second-order valence-corrected chi connectivity index (χ2v) is 3.89. The molecule has 1 heteroatoms. The summed E-state index contributed by atoms with van der Waals surface area (Å²) >= 11 is 0. The lowest BCUT2D eigenvalue weighted by Gasteiger charge is -2.12. The molecule has 1 radical (unpaired) electrons. The lowest BCUT2D eigenvalue weighted by atomic mass is 9.93. The highest BCUT2D eigenvalue weighted by Gasteiger charge is 2.26. The van der Waals surface area contributed by atoms with E-state index >= 15 is 0 Å². The van der Waals surface area contributed by atoms with Crippen molar-refractivity contribution in [1.29, 1.82) is 0 Å². The Bertz CT molecular complexity index is 350. The third-order valence-electron chi connectivity index (χ3n) is 2.75. The van der Waals surface area contributed by atoms with Gasteiger partial charge in [-0.25, -0.2) is 4.39 Å². The molecule has 1 saturated carbocycles. The van der Waals surface area contributed by atoms with E-state index in [1.807, 2.05) is 6.07 Å². The molecule has 2 rings (SSSR count). The minimum absolute atomic E-state index is 0.00120. The Labute approximate surface area is 84.5 Å². The molecule has 0 heterocycles. The maximum atomic E-state index is 13.1. The second kappa shape index (κ2) is 3.56. The molecule has 1 aromatic rings. The van der Waals surface area contributed by atoms with Gasteiger partial charge in [0.2, 0.25) is 0 Å². The van der Waals surface area contributed by atoms with Gasteiger partial charge in [-0.3, -0.25) is 0 Å². The monoisotopic (exact) mass is 189 g/mol. The van der Waals surface area contributed by atoms with Crippen LogP contribution < -0.4 is 0 Å². The van der Waals surface area contributed by atoms with E-state index in [1.165, 1.54) is 24.5 Å². The lowest BCUT2D eigenvalue weighted by Crippen LogP contribution is -1.97. The van der Waals surface area contributed by atoms with Gasteiger partial charge in [0.25, 0.3) is 0 Å². The van der Waals surface area contributed by atoms with Gasteiger partial charge in [-0.2, -0.15) is 0 Å². The molecule has 0 saturated heterocycles. The van der Waals surface area contributed by atoms with E-state index in [4.69, 9.17) is 0 Å². The molecule has 1 aliphatic carbocycles. The van der Waals surface area contributed by atoms with Crippen molar-refractivity contribution in [3.63, 3.8) is 0 Å². The lowest BCUT2D eigenvalue weighted by molar-refractivity contribution is 0.624. The maximum Gasteiger partial charge on any atom is 0.123 e. The highest BCUT2D eigenvalue weighted by Crippen LogP contribution is 2.43. The van der Waals surface area contributed by atoms with Gasteiger partial charge in [0.05, 0.1) is 0 Å². The van der Waals surface area contributed by atoms with Crippen LogP contribution >= 0.6 is 0 Å². The topological polar surface area (TPSA) is 0 Å². The molecular formula is C13H14F. The maximum absolute atomic E-state index is 13.1. The number of halogens is 1. The molecule has 0 nitrogen and oxygen atoms in total. The van der Waals surface area contributed by atoms with E-state index in [-0.39, 0.29) is 11.7 Å². The van der Waals surface area contributed by atoms with Crippen molar-refractivity contribution in [2.45, 2.75) is 24.7 Å². The molecule has 0 spiro atoms. The highest BCUT2D eigenvalue weighted by atomic mass is 19.1. The van der Waals surface area contributed by atoms with Gasteiger partial charge in [0.1, 0.15) is 5.82 Å². The Morgan fingerprint density at radius 3 is 2.71 bits per heavy atom. The van der Waals surface area contributed by atoms with Crippen LogP contribution in [0, 0.1) is 12.7 Å². The molecule has 0 N–H and O–H groups in total. The quantitative estimate of drug-likeness (QED) is 0.634. The summed E-state index contributed by atoms with van der Waals surface area (Å²) in [5, 5.41) is 0. The fraction of sp³-hybridized carbons (Fsp3) is 0.308. The van der Waals surface area contributed by atoms with E-state index in [0.29, 0.717) is 5.92 Å². The number of hydrogen-bond donors (Lipinski definition) is 0. The fourth-order valence-electron chi connectivity index (χ4n) is 1.76. The van der Waals surface area contributed by atoms with Gasteiger partial charge < -0.3 is 0 Å². The predicted octanol–water partition coefficient (Wildman–Crippen LogP) is 3.81. The van der Waals surface area contributed by atoms with Gasteiger partial charge in [-0.15, -0.1) is 6.58 Å². The van der Waals surface area contributed by atoms with Crippen LogP contribution in [0.3, 0.4) is 0 Å². The first-order valence-corrected chi connectivity index (χ1v) is 4.97. The molecule has 73 valence electrons. The van der Waals surface area contributed by atoms with Crippen LogP contribution in [0.1, 0.15) is 35.8 Å². The van der Waals surface area contributed by atoms with Gasteiger partial charge in [-0.05, 0) is 48.9 Å². The summed E-state index contributed by atoms with van der Waals surface area (Å²) < 4.78 is 13.1. The smallest absolute Gasteiger partial charge is 0.123 e. The Kier molecular flexibility index (Phi) is 2.40. The number of rotatable bonds is 3. The Morgan fingerprint density at radius 2 is 2.14 bits per heavy atom. The van der Waals surface area contributed by atoms with Crippen molar-refractivity contribution in [3.8, 4) is 0 Å². The van der Waals surface area contributed by atoms with Crippen LogP contribution in [0.5, 0.6) is 0 Å². The van der Waals surface area contributed by atoms with E-state index in [9.17, 15) is 4.39 Å². The van der Waals surface area contributed by atoms with Crippen LogP contribution in [0.25, 0.3) is 0 Å². The van der Waals surface area contributed by atoms with E-state index < -0.39 is 0 Å². The largest absolute Gasteiger partial charge is 0.207 e. The average Bonchev–Trinajstić information content (AvgIpc) is 3.00. The number of hydrogen-bond acceptors (Lipinski definition) is 0. The molecule has 14 heavy (non-hydrogen) atoms. The molecule has 1 aliphatic rings. The van der Waals surface area contributed by atoms with Crippen LogP contribution in [-0.4, -0.2) is 0 Å². The van der Waals surface area contributed by atoms with Crippen LogP contribution in [0.2, 0.25) is 0 Å². The van der Waals surface area contributed by atoms with Crippen molar-refractivity contribution in [2.24, 2.45) is 0 Å². The number of benzene rings is 1. The summed E-state index contributed by atoms with van der Waals surface area (Å²) in [6.45, 7) is 7.66. The molecule has 0 amide bonds. The molecule has 0 bridgehead atoms. The van der Waals surface area contributed by atoms with Gasteiger partial charge >= 0.3 is 0 Å². The predicted molar refractivity (Wildman–Crippen MR) is 56.7 cm³/mol. The highest BCUT2D eigenvalue weighted by molar-refractivity contribution is 5.38. The second-order valence-electron chi connectivity index (χ2n) is 3.89. The standard InChI is InChI=1S/C13H14F/c1-3-9(2)13-8-11(14)6-7-12(13)10-4-5-10/h3,6-10H,1-2,4-5H2. The summed E-state index contributed by atoms with van der Waals surface area (Å²) in [5.74, 6) is 0.455. The molecule has 0 aliphatic heterocycles. The van der Waals surface area contributed by atoms with Crippen molar-refractivity contribution >= 4 is 0 Å². The Morgan fingerprint density at radius 1 is 1.43 bits per heavy atom. The van der Waals surface area contributed by atoms with Crippen LogP contribution in [0.15, 0.2) is 30.9 Å². The summed E-state index contributed by atoms with van der Waals surface area (Å²) in [6, 6.07) is 5.02.